The number of benzene rings is 1. The Kier molecular flexibility index (Phi) is 5.36. The van der Waals surface area contributed by atoms with Crippen LogP contribution in [0.25, 0.3) is 0 Å². The monoisotopic (exact) mass is 302 g/mol. The highest BCUT2D eigenvalue weighted by Gasteiger charge is 2.24. The minimum atomic E-state index is -1.40. The average molecular weight is 302 g/mol. The van der Waals surface area contributed by atoms with Crippen LogP contribution in [0.15, 0.2) is 43.5 Å². The van der Waals surface area contributed by atoms with E-state index in [2.05, 4.69) is 40.0 Å². The summed E-state index contributed by atoms with van der Waals surface area (Å²) in [5, 5.41) is 18.6. The Hall–Kier alpha value is -1.87. The standard InChI is InChI=1S/C19H26O3/c1-7-19(6,8-2)15-10-13(11-16(20)17(21)22)9-14(12-15)18(3,4)5/h7-10,12,16,20H,1-2,11H2,3-6H3,(H,21,22). The summed E-state index contributed by atoms with van der Waals surface area (Å²) >= 11 is 0. The van der Waals surface area contributed by atoms with Gasteiger partial charge in [0.25, 0.3) is 0 Å². The molecule has 0 heterocycles. The van der Waals surface area contributed by atoms with Crippen LogP contribution in [-0.2, 0) is 22.0 Å². The minimum absolute atomic E-state index is 0.0800. The van der Waals surface area contributed by atoms with Crippen LogP contribution in [0.3, 0.4) is 0 Å². The smallest absolute Gasteiger partial charge is 0.332 e. The molecule has 2 N–H and O–H groups in total. The summed E-state index contributed by atoms with van der Waals surface area (Å²) in [5.74, 6) is -1.21. The summed E-state index contributed by atoms with van der Waals surface area (Å²) in [7, 11) is 0. The third kappa shape index (κ3) is 4.08. The second kappa shape index (κ2) is 6.49. The molecule has 1 aromatic rings. The van der Waals surface area contributed by atoms with Gasteiger partial charge in [-0.05, 0) is 29.0 Å². The number of aliphatic hydroxyl groups excluding tert-OH is 1. The van der Waals surface area contributed by atoms with Crippen molar-refractivity contribution in [2.75, 3.05) is 0 Å². The van der Waals surface area contributed by atoms with Gasteiger partial charge in [0.2, 0.25) is 0 Å². The van der Waals surface area contributed by atoms with Gasteiger partial charge in [-0.25, -0.2) is 4.79 Å². The molecule has 0 aromatic heterocycles. The van der Waals surface area contributed by atoms with E-state index < -0.39 is 17.5 Å². The number of allylic oxidation sites excluding steroid dienone is 2. The minimum Gasteiger partial charge on any atom is -0.479 e. The number of aliphatic carboxylic acids is 1. The first-order valence-corrected chi connectivity index (χ1v) is 7.36. The number of hydrogen-bond donors (Lipinski definition) is 2. The number of carboxylic acid groups (broad SMARTS) is 1. The normalized spacial score (nSPS) is 13.5. The third-order valence-electron chi connectivity index (χ3n) is 4.04. The van der Waals surface area contributed by atoms with Gasteiger partial charge in [0, 0.05) is 11.8 Å². The number of carboxylic acids is 1. The van der Waals surface area contributed by atoms with Crippen LogP contribution in [0.5, 0.6) is 0 Å². The Morgan fingerprint density at radius 1 is 1.14 bits per heavy atom. The molecule has 0 bridgehead atoms. The van der Waals surface area contributed by atoms with E-state index in [0.29, 0.717) is 0 Å². The highest BCUT2D eigenvalue weighted by molar-refractivity contribution is 5.72. The zero-order valence-electron chi connectivity index (χ0n) is 13.9. The Balaban J connectivity index is 3.43. The molecule has 0 radical (unpaired) electrons. The molecule has 120 valence electrons. The number of hydrogen-bond acceptors (Lipinski definition) is 2. The Labute approximate surface area is 133 Å². The van der Waals surface area contributed by atoms with Gasteiger partial charge in [-0.2, -0.15) is 0 Å². The van der Waals surface area contributed by atoms with E-state index in [1.165, 1.54) is 0 Å². The van der Waals surface area contributed by atoms with Crippen molar-refractivity contribution in [2.45, 2.75) is 51.0 Å². The summed E-state index contributed by atoms with van der Waals surface area (Å²) in [6.45, 7) is 16.1. The van der Waals surface area contributed by atoms with E-state index in [-0.39, 0.29) is 11.8 Å². The zero-order chi connectivity index (χ0) is 17.1. The SMILES string of the molecule is C=CC(C)(C=C)c1cc(CC(O)C(=O)O)cc(C(C)(C)C)c1. The fourth-order valence-corrected chi connectivity index (χ4v) is 2.18. The predicted molar refractivity (Wildman–Crippen MR) is 90.2 cm³/mol. The van der Waals surface area contributed by atoms with Crippen LogP contribution in [0.1, 0.15) is 44.4 Å². The van der Waals surface area contributed by atoms with E-state index in [0.717, 1.165) is 16.7 Å². The van der Waals surface area contributed by atoms with E-state index in [1.54, 1.807) is 0 Å². The van der Waals surface area contributed by atoms with E-state index >= 15 is 0 Å². The van der Waals surface area contributed by atoms with Crippen LogP contribution in [0, 0.1) is 0 Å². The van der Waals surface area contributed by atoms with Crippen molar-refractivity contribution in [2.24, 2.45) is 0 Å². The largest absolute Gasteiger partial charge is 0.479 e. The number of carbonyl (C=O) groups is 1. The van der Waals surface area contributed by atoms with Gasteiger partial charge in [-0.1, -0.05) is 51.1 Å². The lowest BCUT2D eigenvalue weighted by Gasteiger charge is -2.27. The molecule has 0 aliphatic heterocycles. The van der Waals surface area contributed by atoms with Crippen molar-refractivity contribution >= 4 is 5.97 Å². The van der Waals surface area contributed by atoms with Crippen molar-refractivity contribution in [3.05, 3.63) is 60.2 Å². The topological polar surface area (TPSA) is 57.5 Å². The zero-order valence-corrected chi connectivity index (χ0v) is 13.9. The fourth-order valence-electron chi connectivity index (χ4n) is 2.18. The van der Waals surface area contributed by atoms with E-state index in [9.17, 15) is 9.90 Å². The van der Waals surface area contributed by atoms with Crippen LogP contribution in [0.4, 0.5) is 0 Å². The molecular weight excluding hydrogens is 276 g/mol. The van der Waals surface area contributed by atoms with Crippen LogP contribution >= 0.6 is 0 Å². The first-order valence-electron chi connectivity index (χ1n) is 7.36. The Bertz CT molecular complexity index is 571. The van der Waals surface area contributed by atoms with Crippen molar-refractivity contribution in [3.63, 3.8) is 0 Å². The predicted octanol–water partition coefficient (Wildman–Crippen LogP) is 3.60. The van der Waals surface area contributed by atoms with Crippen LogP contribution in [0.2, 0.25) is 0 Å². The maximum atomic E-state index is 10.9. The Morgan fingerprint density at radius 3 is 2.05 bits per heavy atom. The second-order valence-corrected chi connectivity index (χ2v) is 6.92. The molecule has 0 aliphatic rings. The van der Waals surface area contributed by atoms with E-state index in [1.807, 2.05) is 31.2 Å². The molecule has 1 unspecified atom stereocenters. The molecule has 3 heteroatoms. The summed E-state index contributed by atoms with van der Waals surface area (Å²) in [4.78, 5) is 10.9. The van der Waals surface area contributed by atoms with Crippen molar-refractivity contribution in [3.8, 4) is 0 Å². The lowest BCUT2D eigenvalue weighted by atomic mass is 9.77. The molecule has 0 amide bonds. The maximum absolute atomic E-state index is 10.9. The molecule has 0 aliphatic carbocycles. The van der Waals surface area contributed by atoms with Crippen molar-refractivity contribution < 1.29 is 15.0 Å². The van der Waals surface area contributed by atoms with Crippen LogP contribution in [-0.4, -0.2) is 22.3 Å². The highest BCUT2D eigenvalue weighted by Crippen LogP contribution is 2.32. The molecule has 1 rings (SSSR count). The number of aliphatic hydroxyl groups is 1. The molecule has 0 spiro atoms. The van der Waals surface area contributed by atoms with Crippen molar-refractivity contribution in [1.82, 2.24) is 0 Å². The van der Waals surface area contributed by atoms with Gasteiger partial charge in [-0.15, -0.1) is 13.2 Å². The van der Waals surface area contributed by atoms with Gasteiger partial charge in [0.1, 0.15) is 0 Å². The number of rotatable bonds is 6. The summed E-state index contributed by atoms with van der Waals surface area (Å²) < 4.78 is 0. The van der Waals surface area contributed by atoms with Crippen molar-refractivity contribution in [1.29, 1.82) is 0 Å². The molecular formula is C19H26O3. The quantitative estimate of drug-likeness (QED) is 0.789. The molecule has 0 saturated heterocycles. The van der Waals surface area contributed by atoms with Gasteiger partial charge in [0.05, 0.1) is 0 Å². The Morgan fingerprint density at radius 2 is 1.64 bits per heavy atom. The molecule has 22 heavy (non-hydrogen) atoms. The maximum Gasteiger partial charge on any atom is 0.332 e. The first kappa shape index (κ1) is 18.2. The summed E-state index contributed by atoms with van der Waals surface area (Å²) in [6.07, 6.45) is 2.32. The molecule has 1 atom stereocenters. The summed E-state index contributed by atoms with van der Waals surface area (Å²) in [5.41, 5.74) is 2.41. The molecule has 0 fully saturated rings. The first-order chi connectivity index (χ1) is 10.0. The molecule has 1 aromatic carbocycles. The summed E-state index contributed by atoms with van der Waals surface area (Å²) in [6, 6.07) is 5.98. The third-order valence-corrected chi connectivity index (χ3v) is 4.04. The molecule has 3 nitrogen and oxygen atoms in total. The van der Waals surface area contributed by atoms with Gasteiger partial charge >= 0.3 is 5.97 Å². The highest BCUT2D eigenvalue weighted by atomic mass is 16.4. The van der Waals surface area contributed by atoms with Gasteiger partial charge in [0.15, 0.2) is 6.10 Å². The second-order valence-electron chi connectivity index (χ2n) is 6.92. The fraction of sp³-hybridized carbons (Fsp3) is 0.421. The lowest BCUT2D eigenvalue weighted by Crippen LogP contribution is -2.24. The van der Waals surface area contributed by atoms with Gasteiger partial charge < -0.3 is 10.2 Å². The lowest BCUT2D eigenvalue weighted by molar-refractivity contribution is -0.146. The van der Waals surface area contributed by atoms with E-state index in [4.69, 9.17) is 5.11 Å². The average Bonchev–Trinajstić information content (AvgIpc) is 2.45. The van der Waals surface area contributed by atoms with Gasteiger partial charge in [-0.3, -0.25) is 0 Å². The van der Waals surface area contributed by atoms with Crippen LogP contribution < -0.4 is 0 Å². The molecule has 0 saturated carbocycles.